The molecule has 2 fully saturated rings. The number of carbonyl (C=O) groups excluding carboxylic acids is 1. The quantitative estimate of drug-likeness (QED) is 0.822. The van der Waals surface area contributed by atoms with E-state index in [1.165, 1.54) is 6.42 Å². The average molecular weight is 252 g/mol. The summed E-state index contributed by atoms with van der Waals surface area (Å²) in [6, 6.07) is 2.35. The van der Waals surface area contributed by atoms with Gasteiger partial charge in [0.25, 0.3) is 0 Å². The highest BCUT2D eigenvalue weighted by molar-refractivity contribution is 8.01. The van der Waals surface area contributed by atoms with Crippen molar-refractivity contribution in [1.82, 2.24) is 5.32 Å². The lowest BCUT2D eigenvalue weighted by atomic mass is 9.82. The zero-order chi connectivity index (χ0) is 12.4. The molecule has 0 aromatic rings. The maximum Gasteiger partial charge on any atom is 0.237 e. The molecular formula is C13H20N2OS. The van der Waals surface area contributed by atoms with Gasteiger partial charge in [-0.2, -0.15) is 5.26 Å². The topological polar surface area (TPSA) is 52.9 Å². The van der Waals surface area contributed by atoms with E-state index in [1.807, 2.05) is 6.92 Å². The van der Waals surface area contributed by atoms with Gasteiger partial charge in [-0.05, 0) is 38.4 Å². The summed E-state index contributed by atoms with van der Waals surface area (Å²) in [5, 5.41) is 12.4. The number of amides is 1. The Hall–Kier alpha value is -0.690. The molecule has 1 unspecified atom stereocenters. The van der Waals surface area contributed by atoms with E-state index < -0.39 is 5.54 Å². The second-order valence-corrected chi connectivity index (χ2v) is 6.99. The Morgan fingerprint density at radius 3 is 2.47 bits per heavy atom. The second-order valence-electron chi connectivity index (χ2n) is 5.39. The molecule has 17 heavy (non-hydrogen) atoms. The molecule has 0 radical (unpaired) electrons. The van der Waals surface area contributed by atoms with Gasteiger partial charge in [0, 0.05) is 0 Å². The van der Waals surface area contributed by atoms with E-state index in [0.717, 1.165) is 44.3 Å². The zero-order valence-electron chi connectivity index (χ0n) is 10.4. The number of hydrogen-bond acceptors (Lipinski definition) is 3. The third kappa shape index (κ3) is 2.60. The van der Waals surface area contributed by atoms with Gasteiger partial charge in [-0.15, -0.1) is 11.8 Å². The van der Waals surface area contributed by atoms with Gasteiger partial charge in [-0.3, -0.25) is 4.79 Å². The van der Waals surface area contributed by atoms with Crippen LogP contribution in [-0.2, 0) is 4.79 Å². The van der Waals surface area contributed by atoms with Crippen molar-refractivity contribution < 1.29 is 4.79 Å². The van der Waals surface area contributed by atoms with Crippen molar-refractivity contribution in [3.63, 3.8) is 0 Å². The highest BCUT2D eigenvalue weighted by Crippen LogP contribution is 2.39. The van der Waals surface area contributed by atoms with E-state index in [-0.39, 0.29) is 10.7 Å². The highest BCUT2D eigenvalue weighted by atomic mass is 32.2. The minimum Gasteiger partial charge on any atom is -0.337 e. The van der Waals surface area contributed by atoms with Crippen LogP contribution in [0.15, 0.2) is 0 Å². The lowest BCUT2D eigenvalue weighted by Crippen LogP contribution is -2.54. The molecule has 94 valence electrons. The number of nitrogens with one attached hydrogen (secondary N) is 1. The molecule has 1 saturated heterocycles. The van der Waals surface area contributed by atoms with Crippen LogP contribution in [0.2, 0.25) is 0 Å². The van der Waals surface area contributed by atoms with Gasteiger partial charge >= 0.3 is 0 Å². The van der Waals surface area contributed by atoms with E-state index in [1.54, 1.807) is 11.8 Å². The molecule has 2 rings (SSSR count). The monoisotopic (exact) mass is 252 g/mol. The van der Waals surface area contributed by atoms with Crippen LogP contribution in [0.4, 0.5) is 0 Å². The van der Waals surface area contributed by atoms with Crippen molar-refractivity contribution in [2.45, 2.75) is 62.2 Å². The highest BCUT2D eigenvalue weighted by Gasteiger charge is 2.42. The maximum absolute atomic E-state index is 12.3. The molecular weight excluding hydrogens is 232 g/mol. The third-order valence-electron chi connectivity index (χ3n) is 3.97. The molecule has 4 heteroatoms. The predicted molar refractivity (Wildman–Crippen MR) is 69.7 cm³/mol. The van der Waals surface area contributed by atoms with Crippen molar-refractivity contribution >= 4 is 17.7 Å². The van der Waals surface area contributed by atoms with Crippen LogP contribution in [0.5, 0.6) is 0 Å². The molecule has 1 aliphatic carbocycles. The Bertz CT molecular complexity index is 336. The Labute approximate surface area is 107 Å². The minimum absolute atomic E-state index is 0.0726. The summed E-state index contributed by atoms with van der Waals surface area (Å²) in [5.74, 6) is 1.13. The number of hydrogen-bond donors (Lipinski definition) is 1. The third-order valence-corrected chi connectivity index (χ3v) is 5.49. The number of carbonyl (C=O) groups is 1. The van der Waals surface area contributed by atoms with Crippen LogP contribution in [0, 0.1) is 11.3 Å². The first-order valence-electron chi connectivity index (χ1n) is 6.48. The van der Waals surface area contributed by atoms with E-state index in [2.05, 4.69) is 11.4 Å². The lowest BCUT2D eigenvalue weighted by molar-refractivity contribution is -0.124. The molecule has 1 atom stereocenters. The lowest BCUT2D eigenvalue weighted by Gasteiger charge is -2.34. The first kappa shape index (κ1) is 12.8. The summed E-state index contributed by atoms with van der Waals surface area (Å²) in [5.41, 5.74) is -0.582. The Balaban J connectivity index is 2.03. The van der Waals surface area contributed by atoms with Gasteiger partial charge < -0.3 is 5.32 Å². The van der Waals surface area contributed by atoms with E-state index in [0.29, 0.717) is 0 Å². The molecule has 0 aromatic carbocycles. The van der Waals surface area contributed by atoms with Crippen LogP contribution in [0.3, 0.4) is 0 Å². The van der Waals surface area contributed by atoms with Crippen LogP contribution < -0.4 is 5.32 Å². The Kier molecular flexibility index (Phi) is 3.67. The molecule has 1 N–H and O–H groups in total. The summed E-state index contributed by atoms with van der Waals surface area (Å²) in [6.45, 7) is 2.01. The summed E-state index contributed by atoms with van der Waals surface area (Å²) in [7, 11) is 0. The van der Waals surface area contributed by atoms with Crippen molar-refractivity contribution in [3.8, 4) is 6.07 Å². The molecule has 1 aliphatic heterocycles. The van der Waals surface area contributed by atoms with E-state index in [4.69, 9.17) is 0 Å². The second kappa shape index (κ2) is 4.89. The largest absolute Gasteiger partial charge is 0.337 e. The number of thioether (sulfide) groups is 1. The summed E-state index contributed by atoms with van der Waals surface area (Å²) >= 11 is 1.73. The molecule has 3 nitrogen and oxygen atoms in total. The first-order chi connectivity index (χ1) is 8.10. The van der Waals surface area contributed by atoms with Gasteiger partial charge in [0.05, 0.1) is 10.8 Å². The Morgan fingerprint density at radius 2 is 1.94 bits per heavy atom. The van der Waals surface area contributed by atoms with Gasteiger partial charge in [0.2, 0.25) is 5.91 Å². The van der Waals surface area contributed by atoms with Crippen molar-refractivity contribution in [1.29, 1.82) is 5.26 Å². The number of nitriles is 1. The van der Waals surface area contributed by atoms with E-state index >= 15 is 0 Å². The van der Waals surface area contributed by atoms with Crippen LogP contribution in [0.1, 0.15) is 51.9 Å². The fourth-order valence-corrected chi connectivity index (χ4v) is 3.94. The van der Waals surface area contributed by atoms with Crippen LogP contribution >= 0.6 is 11.8 Å². The minimum atomic E-state index is -0.582. The van der Waals surface area contributed by atoms with Crippen molar-refractivity contribution in [2.24, 2.45) is 0 Å². The van der Waals surface area contributed by atoms with Gasteiger partial charge in [-0.25, -0.2) is 0 Å². The Morgan fingerprint density at radius 1 is 1.24 bits per heavy atom. The summed E-state index contributed by atoms with van der Waals surface area (Å²) in [6.07, 6.45) is 6.96. The predicted octanol–water partition coefficient (Wildman–Crippen LogP) is 2.61. The van der Waals surface area contributed by atoms with Crippen molar-refractivity contribution in [3.05, 3.63) is 0 Å². The SMILES string of the molecule is CC1(C(=O)NC2(C#N)CCCCC2)CCCS1. The van der Waals surface area contributed by atoms with Crippen LogP contribution in [0.25, 0.3) is 0 Å². The fraction of sp³-hybridized carbons (Fsp3) is 0.846. The van der Waals surface area contributed by atoms with Gasteiger partial charge in [0.1, 0.15) is 5.54 Å². The summed E-state index contributed by atoms with van der Waals surface area (Å²) in [4.78, 5) is 12.3. The molecule has 1 amide bonds. The molecule has 2 aliphatic rings. The first-order valence-corrected chi connectivity index (χ1v) is 7.47. The standard InChI is InChI=1S/C13H20N2OS/c1-12(6-5-9-17-12)11(16)15-13(10-14)7-3-2-4-8-13/h2-9H2,1H3,(H,15,16). The van der Waals surface area contributed by atoms with Gasteiger partial charge in [-0.1, -0.05) is 19.3 Å². The van der Waals surface area contributed by atoms with Crippen molar-refractivity contribution in [2.75, 3.05) is 5.75 Å². The fourth-order valence-electron chi connectivity index (χ4n) is 2.73. The number of nitrogens with zero attached hydrogens (tertiary/aromatic N) is 1. The van der Waals surface area contributed by atoms with E-state index in [9.17, 15) is 10.1 Å². The number of rotatable bonds is 2. The van der Waals surface area contributed by atoms with Gasteiger partial charge in [0.15, 0.2) is 0 Å². The molecule has 0 aromatic heterocycles. The molecule has 0 spiro atoms. The zero-order valence-corrected chi connectivity index (χ0v) is 11.2. The molecule has 1 heterocycles. The summed E-state index contributed by atoms with van der Waals surface area (Å²) < 4.78 is -0.304. The maximum atomic E-state index is 12.3. The normalized spacial score (nSPS) is 31.8. The molecule has 0 bridgehead atoms. The average Bonchev–Trinajstić information content (AvgIpc) is 2.79. The smallest absolute Gasteiger partial charge is 0.237 e. The molecule has 1 saturated carbocycles. The van der Waals surface area contributed by atoms with Crippen LogP contribution in [-0.4, -0.2) is 21.9 Å².